The molecule has 0 saturated heterocycles. The highest BCUT2D eigenvalue weighted by atomic mass is 32.2. The van der Waals surface area contributed by atoms with Crippen molar-refractivity contribution >= 4 is 11.8 Å². The van der Waals surface area contributed by atoms with Crippen molar-refractivity contribution < 1.29 is 4.52 Å². The molecule has 18 heavy (non-hydrogen) atoms. The van der Waals surface area contributed by atoms with Crippen LogP contribution in [0, 0.1) is 0 Å². The third kappa shape index (κ3) is 6.40. The Balaban J connectivity index is 2.34. The highest BCUT2D eigenvalue weighted by molar-refractivity contribution is 7.99. The van der Waals surface area contributed by atoms with Gasteiger partial charge in [0.05, 0.1) is 5.75 Å². The average Bonchev–Trinajstić information content (AvgIpc) is 2.71. The molecule has 1 heterocycles. The molecule has 5 heteroatoms. The van der Waals surface area contributed by atoms with E-state index >= 15 is 0 Å². The van der Waals surface area contributed by atoms with Crippen LogP contribution in [0.3, 0.4) is 0 Å². The third-order valence-corrected chi connectivity index (χ3v) is 3.76. The number of thioether (sulfide) groups is 1. The van der Waals surface area contributed by atoms with Crippen LogP contribution in [-0.2, 0) is 12.2 Å². The summed E-state index contributed by atoms with van der Waals surface area (Å²) in [7, 11) is 0. The van der Waals surface area contributed by atoms with Gasteiger partial charge in [-0.2, -0.15) is 4.98 Å². The Morgan fingerprint density at radius 1 is 1.39 bits per heavy atom. The molecule has 0 aliphatic carbocycles. The number of nitrogens with zero attached hydrogens (tertiary/aromatic N) is 2. The Labute approximate surface area is 114 Å². The first-order valence-electron chi connectivity index (χ1n) is 6.59. The minimum absolute atomic E-state index is 0.236. The van der Waals surface area contributed by atoms with Crippen molar-refractivity contribution in [1.82, 2.24) is 15.5 Å². The second-order valence-corrected chi connectivity index (χ2v) is 7.30. The fourth-order valence-corrected chi connectivity index (χ4v) is 2.20. The molecule has 0 aliphatic heterocycles. The first-order valence-corrected chi connectivity index (χ1v) is 7.58. The van der Waals surface area contributed by atoms with E-state index in [1.54, 1.807) is 0 Å². The van der Waals surface area contributed by atoms with E-state index in [9.17, 15) is 0 Å². The van der Waals surface area contributed by atoms with Crippen molar-refractivity contribution in [2.45, 2.75) is 64.0 Å². The highest BCUT2D eigenvalue weighted by Crippen LogP contribution is 2.26. The van der Waals surface area contributed by atoms with Crippen molar-refractivity contribution in [2.75, 3.05) is 6.54 Å². The van der Waals surface area contributed by atoms with Crippen LogP contribution in [0.1, 0.15) is 52.8 Å². The van der Waals surface area contributed by atoms with Crippen LogP contribution >= 0.6 is 11.8 Å². The van der Waals surface area contributed by atoms with E-state index < -0.39 is 0 Å². The Morgan fingerprint density at radius 2 is 2.11 bits per heavy atom. The quantitative estimate of drug-likeness (QED) is 0.826. The molecular formula is C13H25N3OS. The summed E-state index contributed by atoms with van der Waals surface area (Å²) in [5.74, 6) is 2.38. The summed E-state index contributed by atoms with van der Waals surface area (Å²) in [5.41, 5.74) is 0. The molecular weight excluding hydrogens is 246 g/mol. The molecule has 1 aromatic rings. The number of hydrogen-bond donors (Lipinski definition) is 1. The molecule has 0 spiro atoms. The van der Waals surface area contributed by atoms with Gasteiger partial charge in [0.1, 0.15) is 0 Å². The van der Waals surface area contributed by atoms with Gasteiger partial charge in [-0.05, 0) is 19.9 Å². The summed E-state index contributed by atoms with van der Waals surface area (Å²) in [6.45, 7) is 11.9. The molecule has 1 aromatic heterocycles. The standard InChI is InChI=1S/C13H25N3OS/c1-6-14-10(2)7-8-12-15-11(16-17-12)9-18-13(3,4)5/h10,14H,6-9H2,1-5H3. The lowest BCUT2D eigenvalue weighted by molar-refractivity contribution is 0.364. The average molecular weight is 271 g/mol. The Kier molecular flexibility index (Phi) is 6.15. The lowest BCUT2D eigenvalue weighted by atomic mass is 10.2. The molecule has 1 atom stereocenters. The van der Waals surface area contributed by atoms with Crippen LogP contribution in [0.4, 0.5) is 0 Å². The molecule has 0 aliphatic rings. The molecule has 0 radical (unpaired) electrons. The predicted molar refractivity (Wildman–Crippen MR) is 76.8 cm³/mol. The van der Waals surface area contributed by atoms with Crippen molar-refractivity contribution in [3.05, 3.63) is 11.7 Å². The van der Waals surface area contributed by atoms with E-state index in [1.807, 2.05) is 11.8 Å². The van der Waals surface area contributed by atoms with E-state index in [-0.39, 0.29) is 4.75 Å². The van der Waals surface area contributed by atoms with Gasteiger partial charge >= 0.3 is 0 Å². The summed E-state index contributed by atoms with van der Waals surface area (Å²) in [6.07, 6.45) is 1.88. The fourth-order valence-electron chi connectivity index (χ4n) is 1.52. The number of aryl methyl sites for hydroxylation is 1. The third-order valence-electron chi connectivity index (χ3n) is 2.49. The summed E-state index contributed by atoms with van der Waals surface area (Å²) in [6, 6.07) is 0.495. The van der Waals surface area contributed by atoms with Gasteiger partial charge in [0.2, 0.25) is 5.89 Å². The maximum absolute atomic E-state index is 5.26. The first-order chi connectivity index (χ1) is 8.40. The van der Waals surface area contributed by atoms with Crippen molar-refractivity contribution in [2.24, 2.45) is 0 Å². The molecule has 0 bridgehead atoms. The van der Waals surface area contributed by atoms with Crippen LogP contribution in [0.2, 0.25) is 0 Å². The van der Waals surface area contributed by atoms with E-state index in [1.165, 1.54) is 0 Å². The zero-order valence-electron chi connectivity index (χ0n) is 12.1. The molecule has 0 fully saturated rings. The predicted octanol–water partition coefficient (Wildman–Crippen LogP) is 3.03. The fraction of sp³-hybridized carbons (Fsp3) is 0.846. The van der Waals surface area contributed by atoms with Gasteiger partial charge in [0, 0.05) is 17.2 Å². The van der Waals surface area contributed by atoms with Gasteiger partial charge in [-0.15, -0.1) is 11.8 Å². The summed E-state index contributed by atoms with van der Waals surface area (Å²) >= 11 is 1.84. The van der Waals surface area contributed by atoms with Crippen LogP contribution in [0.5, 0.6) is 0 Å². The van der Waals surface area contributed by atoms with Gasteiger partial charge in [0.15, 0.2) is 5.82 Å². The normalized spacial score (nSPS) is 13.8. The number of aromatic nitrogens is 2. The summed E-state index contributed by atoms with van der Waals surface area (Å²) in [5, 5.41) is 7.39. The summed E-state index contributed by atoms with van der Waals surface area (Å²) in [4.78, 5) is 4.42. The van der Waals surface area contributed by atoms with E-state index in [0.29, 0.717) is 6.04 Å². The largest absolute Gasteiger partial charge is 0.339 e. The van der Waals surface area contributed by atoms with Gasteiger partial charge < -0.3 is 9.84 Å². The Hall–Kier alpha value is -0.550. The van der Waals surface area contributed by atoms with Crippen LogP contribution in [0.15, 0.2) is 4.52 Å². The highest BCUT2D eigenvalue weighted by Gasteiger charge is 2.14. The molecule has 104 valence electrons. The molecule has 0 saturated carbocycles. The monoisotopic (exact) mass is 271 g/mol. The lowest BCUT2D eigenvalue weighted by Gasteiger charge is -2.15. The van der Waals surface area contributed by atoms with Crippen LogP contribution in [0.25, 0.3) is 0 Å². The first kappa shape index (κ1) is 15.5. The minimum Gasteiger partial charge on any atom is -0.339 e. The van der Waals surface area contributed by atoms with Crippen molar-refractivity contribution in [3.63, 3.8) is 0 Å². The number of nitrogens with one attached hydrogen (secondary N) is 1. The van der Waals surface area contributed by atoms with Gasteiger partial charge in [-0.25, -0.2) is 0 Å². The van der Waals surface area contributed by atoms with E-state index in [2.05, 4.69) is 50.1 Å². The molecule has 0 amide bonds. The topological polar surface area (TPSA) is 51.0 Å². The second-order valence-electron chi connectivity index (χ2n) is 5.50. The smallest absolute Gasteiger partial charge is 0.226 e. The van der Waals surface area contributed by atoms with Gasteiger partial charge in [-0.3, -0.25) is 0 Å². The maximum atomic E-state index is 5.26. The molecule has 4 nitrogen and oxygen atoms in total. The molecule has 1 unspecified atom stereocenters. The van der Waals surface area contributed by atoms with E-state index in [0.717, 1.165) is 36.9 Å². The number of hydrogen-bond acceptors (Lipinski definition) is 5. The second kappa shape index (κ2) is 7.14. The van der Waals surface area contributed by atoms with Gasteiger partial charge in [-0.1, -0.05) is 32.9 Å². The molecule has 1 N–H and O–H groups in total. The Bertz CT molecular complexity index is 346. The van der Waals surface area contributed by atoms with E-state index in [4.69, 9.17) is 4.52 Å². The Morgan fingerprint density at radius 3 is 2.72 bits per heavy atom. The molecule has 0 aromatic carbocycles. The number of rotatable bonds is 7. The van der Waals surface area contributed by atoms with Gasteiger partial charge in [0.25, 0.3) is 0 Å². The van der Waals surface area contributed by atoms with Crippen LogP contribution < -0.4 is 5.32 Å². The lowest BCUT2D eigenvalue weighted by Crippen LogP contribution is -2.25. The zero-order chi connectivity index (χ0) is 13.6. The maximum Gasteiger partial charge on any atom is 0.226 e. The van der Waals surface area contributed by atoms with Crippen molar-refractivity contribution in [3.8, 4) is 0 Å². The minimum atomic E-state index is 0.236. The zero-order valence-corrected chi connectivity index (χ0v) is 12.9. The van der Waals surface area contributed by atoms with Crippen molar-refractivity contribution in [1.29, 1.82) is 0 Å². The summed E-state index contributed by atoms with van der Waals surface area (Å²) < 4.78 is 5.49. The van der Waals surface area contributed by atoms with Crippen LogP contribution in [-0.4, -0.2) is 27.5 Å². The molecule has 1 rings (SSSR count). The SMILES string of the molecule is CCNC(C)CCc1nc(CSC(C)(C)C)no1.